The van der Waals surface area contributed by atoms with Crippen molar-refractivity contribution in [3.63, 3.8) is 0 Å². The molecule has 1 saturated carbocycles. The number of nitrogens with one attached hydrogen (secondary N) is 1. The van der Waals surface area contributed by atoms with Crippen LogP contribution in [-0.2, 0) is 5.41 Å². The Bertz CT molecular complexity index is 1500. The molecular formula is C30H34ClFN6O. The molecule has 0 radical (unpaired) electrons. The summed E-state index contributed by atoms with van der Waals surface area (Å²) in [5.41, 5.74) is 1.63. The van der Waals surface area contributed by atoms with Crippen LogP contribution in [0.4, 0.5) is 16.2 Å². The number of hydrogen-bond acceptors (Lipinski definition) is 7. The zero-order valence-electron chi connectivity index (χ0n) is 22.6. The molecule has 3 atom stereocenters. The van der Waals surface area contributed by atoms with Crippen LogP contribution in [0.5, 0.6) is 0 Å². The molecule has 7 rings (SSSR count). The minimum absolute atomic E-state index is 0.211. The summed E-state index contributed by atoms with van der Waals surface area (Å²) < 4.78 is 17.0. The lowest BCUT2D eigenvalue weighted by molar-refractivity contribution is 0.239. The molecule has 3 aromatic rings. The largest absolute Gasteiger partial charge is 0.512 e. The second-order valence-electron chi connectivity index (χ2n) is 11.9. The smallest absolute Gasteiger partial charge is 0.228 e. The van der Waals surface area contributed by atoms with Crippen LogP contribution < -0.4 is 15.1 Å². The van der Waals surface area contributed by atoms with Gasteiger partial charge in [0.05, 0.1) is 5.76 Å². The maximum absolute atomic E-state index is 17.0. The third-order valence-corrected chi connectivity index (χ3v) is 9.66. The molecule has 1 aromatic heterocycles. The molecular weight excluding hydrogens is 515 g/mol. The Morgan fingerprint density at radius 2 is 1.97 bits per heavy atom. The van der Waals surface area contributed by atoms with Crippen molar-refractivity contribution in [1.29, 1.82) is 0 Å². The second kappa shape index (κ2) is 9.04. The van der Waals surface area contributed by atoms with Crippen LogP contribution in [0.25, 0.3) is 17.0 Å². The van der Waals surface area contributed by atoms with Crippen LogP contribution in [0.2, 0.25) is 5.02 Å². The zero-order valence-corrected chi connectivity index (χ0v) is 23.3. The fourth-order valence-corrected chi connectivity index (χ4v) is 7.31. The van der Waals surface area contributed by atoms with E-state index in [4.69, 9.17) is 21.6 Å². The van der Waals surface area contributed by atoms with Gasteiger partial charge in [-0.3, -0.25) is 0 Å². The molecule has 2 aliphatic carbocycles. The molecule has 0 amide bonds. The number of likely N-dealkylation sites (N-methyl/N-ethyl adjacent to an activating group) is 1. The molecule has 7 nitrogen and oxygen atoms in total. The number of aliphatic hydroxyl groups is 1. The van der Waals surface area contributed by atoms with Gasteiger partial charge in [0.2, 0.25) is 5.95 Å². The molecule has 9 heteroatoms. The van der Waals surface area contributed by atoms with Crippen LogP contribution in [0.15, 0.2) is 36.1 Å². The Labute approximate surface area is 233 Å². The van der Waals surface area contributed by atoms with E-state index in [1.807, 2.05) is 37.3 Å². The van der Waals surface area contributed by atoms with Crippen molar-refractivity contribution in [2.24, 2.45) is 0 Å². The number of rotatable bonds is 4. The van der Waals surface area contributed by atoms with Gasteiger partial charge < -0.3 is 25.1 Å². The number of halogens is 2. The second-order valence-corrected chi connectivity index (χ2v) is 12.4. The van der Waals surface area contributed by atoms with Crippen LogP contribution >= 0.6 is 11.6 Å². The first kappa shape index (κ1) is 25.1. The maximum Gasteiger partial charge on any atom is 0.228 e. The van der Waals surface area contributed by atoms with Gasteiger partial charge in [-0.15, -0.1) is 0 Å². The number of allylic oxidation sites excluding steroid dienone is 1. The Hall–Kier alpha value is -2.94. The summed E-state index contributed by atoms with van der Waals surface area (Å²) in [6.45, 7) is 5.23. The van der Waals surface area contributed by atoms with Gasteiger partial charge in [-0.2, -0.15) is 4.98 Å². The monoisotopic (exact) mass is 548 g/mol. The summed E-state index contributed by atoms with van der Waals surface area (Å²) in [6.07, 6.45) is 4.24. The fraction of sp³-hybridized carbons (Fsp3) is 0.467. The molecule has 4 aliphatic rings. The average molecular weight is 549 g/mol. The molecule has 204 valence electrons. The summed E-state index contributed by atoms with van der Waals surface area (Å²) in [7, 11) is 4.15. The van der Waals surface area contributed by atoms with Crippen molar-refractivity contribution in [3.8, 4) is 0 Å². The van der Waals surface area contributed by atoms with E-state index >= 15 is 4.39 Å². The first-order valence-corrected chi connectivity index (χ1v) is 14.2. The van der Waals surface area contributed by atoms with Gasteiger partial charge in [0, 0.05) is 72.1 Å². The van der Waals surface area contributed by atoms with Crippen molar-refractivity contribution in [2.75, 3.05) is 50.1 Å². The number of fused-ring (bicyclic) bond motifs is 3. The number of benzene rings is 2. The summed E-state index contributed by atoms with van der Waals surface area (Å²) in [5, 5.41) is 15.3. The van der Waals surface area contributed by atoms with Crippen LogP contribution in [0.1, 0.15) is 42.9 Å². The van der Waals surface area contributed by atoms with Crippen LogP contribution in [0.3, 0.4) is 0 Å². The van der Waals surface area contributed by atoms with Gasteiger partial charge in [0.15, 0.2) is 5.82 Å². The fourth-order valence-electron chi connectivity index (χ4n) is 6.91. The molecule has 2 aromatic carbocycles. The average Bonchev–Trinajstić information content (AvgIpc) is 2.83. The third kappa shape index (κ3) is 3.83. The van der Waals surface area contributed by atoms with Crippen molar-refractivity contribution < 1.29 is 9.50 Å². The van der Waals surface area contributed by atoms with Gasteiger partial charge in [0.25, 0.3) is 0 Å². The lowest BCUT2D eigenvalue weighted by atomic mass is 9.68. The minimum Gasteiger partial charge on any atom is -0.512 e. The Morgan fingerprint density at radius 1 is 1.18 bits per heavy atom. The van der Waals surface area contributed by atoms with E-state index in [1.165, 1.54) is 0 Å². The molecule has 3 fully saturated rings. The first-order valence-electron chi connectivity index (χ1n) is 13.9. The normalized spacial score (nSPS) is 26.7. The van der Waals surface area contributed by atoms with Gasteiger partial charge >= 0.3 is 0 Å². The van der Waals surface area contributed by atoms with Gasteiger partial charge in [-0.05, 0) is 50.2 Å². The summed E-state index contributed by atoms with van der Waals surface area (Å²) in [4.78, 5) is 16.6. The van der Waals surface area contributed by atoms with E-state index in [9.17, 15) is 5.11 Å². The number of piperazine rings is 1. The lowest BCUT2D eigenvalue weighted by Crippen LogP contribution is -2.64. The number of anilines is 2. The van der Waals surface area contributed by atoms with E-state index in [0.29, 0.717) is 45.6 Å². The van der Waals surface area contributed by atoms with Crippen molar-refractivity contribution in [2.45, 2.75) is 49.7 Å². The number of aliphatic hydroxyl groups excluding tert-OH is 1. The Balaban J connectivity index is 1.42. The number of nitrogens with zero attached hydrogens (tertiary/aromatic N) is 5. The quantitative estimate of drug-likeness (QED) is 0.489. The van der Waals surface area contributed by atoms with E-state index < -0.39 is 11.2 Å². The first-order chi connectivity index (χ1) is 18.7. The highest BCUT2D eigenvalue weighted by Gasteiger charge is 2.43. The highest BCUT2D eigenvalue weighted by Crippen LogP contribution is 2.49. The summed E-state index contributed by atoms with van der Waals surface area (Å²) >= 11 is 6.99. The molecule has 2 aliphatic heterocycles. The number of hydrogen-bond donors (Lipinski definition) is 2. The summed E-state index contributed by atoms with van der Waals surface area (Å²) in [6, 6.07) is 10.8. The molecule has 0 spiro atoms. The molecule has 0 bridgehead atoms. The molecule has 39 heavy (non-hydrogen) atoms. The van der Waals surface area contributed by atoms with Crippen LogP contribution in [-0.4, -0.2) is 78.4 Å². The van der Waals surface area contributed by atoms with Gasteiger partial charge in [0.1, 0.15) is 11.3 Å². The van der Waals surface area contributed by atoms with Crippen molar-refractivity contribution in [1.82, 2.24) is 20.2 Å². The van der Waals surface area contributed by atoms with Gasteiger partial charge in [-0.25, -0.2) is 9.37 Å². The summed E-state index contributed by atoms with van der Waals surface area (Å²) in [5.74, 6) is 1.11. The third-order valence-electron chi connectivity index (χ3n) is 9.36. The topological polar surface area (TPSA) is 67.8 Å². The molecule has 3 heterocycles. The number of aromatic nitrogens is 2. The standard InChI is InChI=1S/C30H34ClFN6O/c1-30(14-19(39)12-17-6-4-5-7-21(17)30)25-22(31)13-20-27(26(25)32)34-29(37-15-18(16-37)36(2)3)35-28(20)38-11-10-33-23-8-9-24(23)38/h4-7,12-13,18,23-24,33,39H,8-11,14-16H2,1-3H3. The van der Waals surface area contributed by atoms with Gasteiger partial charge in [-0.1, -0.05) is 42.8 Å². The Kier molecular flexibility index (Phi) is 5.81. The lowest BCUT2D eigenvalue weighted by Gasteiger charge is -2.50. The molecule has 3 unspecified atom stereocenters. The van der Waals surface area contributed by atoms with E-state index in [2.05, 4.69) is 34.1 Å². The van der Waals surface area contributed by atoms with Crippen molar-refractivity contribution >= 4 is 40.3 Å². The SMILES string of the molecule is CN(C)C1CN(c2nc(N3CCNC4CCC43)c3cc(Cl)c(C4(C)CC(O)=Cc5ccccc54)c(F)c3n2)C1. The highest BCUT2D eigenvalue weighted by atomic mass is 35.5. The maximum atomic E-state index is 17.0. The predicted octanol–water partition coefficient (Wildman–Crippen LogP) is 4.72. The molecule has 2 saturated heterocycles. The van der Waals surface area contributed by atoms with E-state index in [-0.39, 0.29) is 12.2 Å². The van der Waals surface area contributed by atoms with Crippen LogP contribution in [0, 0.1) is 5.82 Å². The highest BCUT2D eigenvalue weighted by molar-refractivity contribution is 6.32. The Morgan fingerprint density at radius 3 is 2.72 bits per heavy atom. The minimum atomic E-state index is -0.850. The zero-order chi connectivity index (χ0) is 27.1. The van der Waals surface area contributed by atoms with Crippen molar-refractivity contribution in [3.05, 3.63) is 63.6 Å². The predicted molar refractivity (Wildman–Crippen MR) is 154 cm³/mol. The molecule has 2 N–H and O–H groups in total. The van der Waals surface area contributed by atoms with E-state index in [1.54, 1.807) is 6.08 Å². The van der Waals surface area contributed by atoms with E-state index in [0.717, 1.165) is 56.0 Å².